The van der Waals surface area contributed by atoms with Gasteiger partial charge in [-0.05, 0) is 136 Å². The smallest absolute Gasteiger partial charge is 0.264 e. The van der Waals surface area contributed by atoms with Crippen LogP contribution in [-0.4, -0.2) is 101 Å². The van der Waals surface area contributed by atoms with Gasteiger partial charge in [-0.1, -0.05) is 85.9 Å². The van der Waals surface area contributed by atoms with Crippen molar-refractivity contribution in [2.45, 2.75) is 87.0 Å². The van der Waals surface area contributed by atoms with Crippen LogP contribution in [0.4, 0.5) is 28.4 Å². The summed E-state index contributed by atoms with van der Waals surface area (Å²) < 4.78 is 12.9. The summed E-state index contributed by atoms with van der Waals surface area (Å²) >= 11 is 0. The number of carbonyl (C=O) groups excluding carboxylic acids is 3. The molecule has 0 saturated carbocycles. The minimum atomic E-state index is -2.45. The van der Waals surface area contributed by atoms with Gasteiger partial charge in [0.15, 0.2) is 5.60 Å². The molecule has 6 heterocycles. The number of aliphatic hydroxyl groups is 1. The predicted octanol–water partition coefficient (Wildman–Crippen LogP) is 6.71. The molecule has 364 valence electrons. The third-order valence-electron chi connectivity index (χ3n) is 17.0. The highest BCUT2D eigenvalue weighted by molar-refractivity contribution is 6.91. The standard InChI is InChI=1S/C56H65N7O6Si/c1-39-50(70(3,4)46-22-20-45(68-2)21-23-46)49(25-34-64)69-56(39)47-35-44(61-38-63(43-13-9-6-10-14-43)55(52(61)66)28-32-58-33-29-55)19-24-48(47)59(53(56)67)36-40-15-17-41(18-16-40)60-37-62(42-11-7-5-8-12-42)54(51(60)65)26-30-57-31-27-54/h5-24,35,39,49-50,57-58,64H,25-34,36-38H2,1-4H3/t39-,49+,50-,56+/m0/s1. The molecular formula is C56H65N7O6Si. The third-order valence-corrected chi connectivity index (χ3v) is 21.4. The predicted molar refractivity (Wildman–Crippen MR) is 278 cm³/mol. The summed E-state index contributed by atoms with van der Waals surface area (Å²) in [5.41, 5.74) is 3.26. The molecule has 13 nitrogen and oxygen atoms in total. The van der Waals surface area contributed by atoms with Gasteiger partial charge in [-0.3, -0.25) is 24.2 Å². The van der Waals surface area contributed by atoms with Crippen molar-refractivity contribution in [2.24, 2.45) is 5.92 Å². The lowest BCUT2D eigenvalue weighted by Gasteiger charge is -2.39. The van der Waals surface area contributed by atoms with E-state index in [2.05, 4.69) is 82.9 Å². The van der Waals surface area contributed by atoms with Crippen molar-refractivity contribution in [3.05, 3.63) is 139 Å². The van der Waals surface area contributed by atoms with Gasteiger partial charge in [0.1, 0.15) is 16.8 Å². The van der Waals surface area contributed by atoms with Crippen LogP contribution in [0.3, 0.4) is 0 Å². The zero-order valence-electron chi connectivity index (χ0n) is 40.8. The lowest BCUT2D eigenvalue weighted by atomic mass is 9.82. The highest BCUT2D eigenvalue weighted by Crippen LogP contribution is 2.61. The topological polar surface area (TPSA) is 130 Å². The van der Waals surface area contributed by atoms with Gasteiger partial charge in [-0.2, -0.15) is 0 Å². The normalized spacial score (nSPS) is 25.0. The summed E-state index contributed by atoms with van der Waals surface area (Å²) in [6.07, 6.45) is 2.80. The SMILES string of the molecule is COc1ccc([Si](C)(C)[C@@H]2[C@@H](CCO)O[C@]3(C(=O)N(Cc4ccc(N5CN(c6ccccc6)C6(CCNCC6)C5=O)cc4)c4ccc(N5CN(c6ccccc6)C6(CCNCC6)C5=O)cc43)[C@H]2C)cc1. The van der Waals surface area contributed by atoms with Crippen molar-refractivity contribution in [1.29, 1.82) is 0 Å². The summed E-state index contributed by atoms with van der Waals surface area (Å²) in [5, 5.41) is 18.8. The summed E-state index contributed by atoms with van der Waals surface area (Å²) in [7, 11) is -0.786. The Morgan fingerprint density at radius 1 is 0.671 bits per heavy atom. The first-order valence-electron chi connectivity index (χ1n) is 25.2. The minimum absolute atomic E-state index is 0.0515. The van der Waals surface area contributed by atoms with Gasteiger partial charge in [0.05, 0.1) is 46.9 Å². The average molecular weight is 960 g/mol. The molecule has 0 aliphatic carbocycles. The van der Waals surface area contributed by atoms with Gasteiger partial charge < -0.3 is 39.9 Å². The Hall–Kier alpha value is -6.03. The molecule has 3 amide bonds. The number of methoxy groups -OCH3 is 1. The number of fused-ring (bicyclic) bond motifs is 2. The molecule has 6 aliphatic rings. The third kappa shape index (κ3) is 7.19. The van der Waals surface area contributed by atoms with E-state index in [0.29, 0.717) is 32.6 Å². The van der Waals surface area contributed by atoms with Crippen molar-refractivity contribution in [3.8, 4) is 5.75 Å². The number of para-hydroxylation sites is 2. The molecule has 5 aromatic rings. The molecule has 70 heavy (non-hydrogen) atoms. The Labute approximate surface area is 412 Å². The van der Waals surface area contributed by atoms with E-state index in [0.717, 1.165) is 84.3 Å². The Bertz CT molecular complexity index is 2750. The van der Waals surface area contributed by atoms with E-state index >= 15 is 9.59 Å². The van der Waals surface area contributed by atoms with Crippen LogP contribution in [0.5, 0.6) is 5.75 Å². The Kier molecular flexibility index (Phi) is 11.9. The number of ether oxygens (including phenoxy) is 2. The number of piperidine rings is 2. The molecule has 5 fully saturated rings. The van der Waals surface area contributed by atoms with Crippen LogP contribution in [0.25, 0.3) is 0 Å². The van der Waals surface area contributed by atoms with E-state index in [1.165, 1.54) is 5.19 Å². The lowest BCUT2D eigenvalue weighted by molar-refractivity contribution is -0.146. The fourth-order valence-electron chi connectivity index (χ4n) is 13.3. The molecular weight excluding hydrogens is 895 g/mol. The average Bonchev–Trinajstić information content (AvgIpc) is 4.03. The van der Waals surface area contributed by atoms with Gasteiger partial charge >= 0.3 is 0 Å². The summed E-state index contributed by atoms with van der Waals surface area (Å²) in [6.45, 7) is 10.9. The summed E-state index contributed by atoms with van der Waals surface area (Å²) in [6, 6.07) is 42.9. The zero-order valence-corrected chi connectivity index (χ0v) is 41.8. The van der Waals surface area contributed by atoms with Gasteiger partial charge in [-0.15, -0.1) is 0 Å². The zero-order chi connectivity index (χ0) is 48.4. The van der Waals surface area contributed by atoms with E-state index in [1.54, 1.807) is 7.11 Å². The molecule has 5 saturated heterocycles. The first-order chi connectivity index (χ1) is 34.0. The fraction of sp³-hybridized carbons (Fsp3) is 0.411. The van der Waals surface area contributed by atoms with Gasteiger partial charge in [0, 0.05) is 40.8 Å². The molecule has 5 aromatic carbocycles. The number of carbonyl (C=O) groups is 3. The van der Waals surface area contributed by atoms with Crippen molar-refractivity contribution in [3.63, 3.8) is 0 Å². The molecule has 0 bridgehead atoms. The number of rotatable bonds is 11. The van der Waals surface area contributed by atoms with Crippen LogP contribution in [0.1, 0.15) is 50.2 Å². The molecule has 6 aliphatic heterocycles. The first-order valence-corrected chi connectivity index (χ1v) is 28.2. The van der Waals surface area contributed by atoms with Gasteiger partial charge in [0.25, 0.3) is 17.7 Å². The Morgan fingerprint density at radius 2 is 1.20 bits per heavy atom. The first kappa shape index (κ1) is 46.4. The molecule has 3 spiro atoms. The van der Waals surface area contributed by atoms with Gasteiger partial charge in [0.2, 0.25) is 0 Å². The second-order valence-corrected chi connectivity index (χ2v) is 25.5. The molecule has 4 atom stereocenters. The number of hydrogen-bond acceptors (Lipinski definition) is 10. The lowest BCUT2D eigenvalue weighted by Crippen LogP contribution is -2.55. The van der Waals surface area contributed by atoms with Crippen LogP contribution in [0.2, 0.25) is 18.6 Å². The summed E-state index contributed by atoms with van der Waals surface area (Å²) in [5.74, 6) is 0.525. The van der Waals surface area contributed by atoms with Crippen molar-refractivity contribution in [2.75, 3.05) is 77.7 Å². The quantitative estimate of drug-likeness (QED) is 0.123. The van der Waals surface area contributed by atoms with E-state index in [9.17, 15) is 9.90 Å². The largest absolute Gasteiger partial charge is 0.497 e. The van der Waals surface area contributed by atoms with Crippen LogP contribution in [-0.2, 0) is 31.3 Å². The molecule has 0 aromatic heterocycles. The molecule has 11 rings (SSSR count). The van der Waals surface area contributed by atoms with Crippen LogP contribution in [0.15, 0.2) is 127 Å². The number of hydrogen-bond donors (Lipinski definition) is 3. The maximum atomic E-state index is 15.9. The number of nitrogens with zero attached hydrogens (tertiary/aromatic N) is 5. The fourth-order valence-corrected chi connectivity index (χ4v) is 17.4. The second kappa shape index (κ2) is 18.0. The molecule has 14 heteroatoms. The van der Waals surface area contributed by atoms with E-state index in [-0.39, 0.29) is 42.3 Å². The van der Waals surface area contributed by atoms with E-state index in [1.807, 2.05) is 99.6 Å². The van der Waals surface area contributed by atoms with Crippen molar-refractivity contribution < 1.29 is 29.0 Å². The van der Waals surface area contributed by atoms with Crippen molar-refractivity contribution in [1.82, 2.24) is 10.6 Å². The molecule has 0 radical (unpaired) electrons. The van der Waals surface area contributed by atoms with Crippen LogP contribution >= 0.6 is 0 Å². The number of aliphatic hydroxyl groups excluding tert-OH is 1. The highest BCUT2D eigenvalue weighted by atomic mass is 28.3. The maximum Gasteiger partial charge on any atom is 0.264 e. The molecule has 0 unspecified atom stereocenters. The number of amides is 3. The maximum absolute atomic E-state index is 15.9. The Balaban J connectivity index is 0.965. The van der Waals surface area contributed by atoms with Gasteiger partial charge in [-0.25, -0.2) is 0 Å². The molecule has 3 N–H and O–H groups in total. The van der Waals surface area contributed by atoms with Crippen LogP contribution < -0.4 is 45.1 Å². The number of benzene rings is 5. The van der Waals surface area contributed by atoms with Crippen molar-refractivity contribution >= 4 is 59.4 Å². The monoisotopic (exact) mass is 959 g/mol. The van der Waals surface area contributed by atoms with E-state index in [4.69, 9.17) is 9.47 Å². The second-order valence-electron chi connectivity index (χ2n) is 20.8. The van der Waals surface area contributed by atoms with E-state index < -0.39 is 30.9 Å². The van der Waals surface area contributed by atoms with Crippen LogP contribution in [0, 0.1) is 5.92 Å². The Morgan fingerprint density at radius 3 is 1.73 bits per heavy atom. The minimum Gasteiger partial charge on any atom is -0.497 e. The number of anilines is 5. The highest BCUT2D eigenvalue weighted by Gasteiger charge is 2.66. The summed E-state index contributed by atoms with van der Waals surface area (Å²) in [4.78, 5) is 55.7. The number of nitrogens with one attached hydrogen (secondary N) is 2.